The summed E-state index contributed by atoms with van der Waals surface area (Å²) in [6.45, 7) is 2.17. The highest BCUT2D eigenvalue weighted by Gasteiger charge is 2.24. The summed E-state index contributed by atoms with van der Waals surface area (Å²) in [5.41, 5.74) is 4.41. The topological polar surface area (TPSA) is 55.0 Å². The number of aromatic amines is 1. The van der Waals surface area contributed by atoms with Crippen LogP contribution in [0.15, 0.2) is 54.9 Å². The Morgan fingerprint density at radius 3 is 2.75 bits per heavy atom. The summed E-state index contributed by atoms with van der Waals surface area (Å²) in [7, 11) is 0. The van der Waals surface area contributed by atoms with Crippen LogP contribution in [0.4, 0.5) is 0 Å². The summed E-state index contributed by atoms with van der Waals surface area (Å²) in [5, 5.41) is 0. The SMILES string of the molecule is CCCc1c(OC(Cc2ncc[nH]2)c2ccccc2)ccc2c1CCCC2=O. The second-order valence-corrected chi connectivity index (χ2v) is 7.35. The molecule has 1 N–H and O–H groups in total. The molecule has 0 saturated carbocycles. The maximum Gasteiger partial charge on any atom is 0.163 e. The van der Waals surface area contributed by atoms with Crippen molar-refractivity contribution in [3.8, 4) is 5.75 Å². The molecule has 0 radical (unpaired) electrons. The highest BCUT2D eigenvalue weighted by molar-refractivity contribution is 5.99. The second-order valence-electron chi connectivity index (χ2n) is 7.35. The lowest BCUT2D eigenvalue weighted by atomic mass is 9.85. The van der Waals surface area contributed by atoms with Crippen LogP contribution in [0, 0.1) is 0 Å². The van der Waals surface area contributed by atoms with Gasteiger partial charge in [-0.15, -0.1) is 0 Å². The number of rotatable bonds is 7. The minimum Gasteiger partial charge on any atom is -0.485 e. The van der Waals surface area contributed by atoms with Crippen LogP contribution in [0.1, 0.15) is 65.2 Å². The van der Waals surface area contributed by atoms with Crippen LogP contribution in [0.5, 0.6) is 5.75 Å². The number of benzene rings is 2. The van der Waals surface area contributed by atoms with Crippen molar-refractivity contribution in [2.75, 3.05) is 0 Å². The van der Waals surface area contributed by atoms with Crippen LogP contribution >= 0.6 is 0 Å². The Morgan fingerprint density at radius 2 is 2.00 bits per heavy atom. The maximum absolute atomic E-state index is 12.4. The molecule has 1 unspecified atom stereocenters. The van der Waals surface area contributed by atoms with Gasteiger partial charge in [-0.25, -0.2) is 4.98 Å². The minimum absolute atomic E-state index is 0.139. The van der Waals surface area contributed by atoms with Crippen molar-refractivity contribution in [2.24, 2.45) is 0 Å². The fourth-order valence-electron chi connectivity index (χ4n) is 4.05. The van der Waals surface area contributed by atoms with E-state index in [4.69, 9.17) is 4.74 Å². The molecule has 0 fully saturated rings. The van der Waals surface area contributed by atoms with Crippen molar-refractivity contribution in [2.45, 2.75) is 51.6 Å². The van der Waals surface area contributed by atoms with Crippen LogP contribution < -0.4 is 4.74 Å². The van der Waals surface area contributed by atoms with Crippen molar-refractivity contribution in [3.05, 3.63) is 82.9 Å². The van der Waals surface area contributed by atoms with Crippen molar-refractivity contribution in [3.63, 3.8) is 0 Å². The number of H-pyrrole nitrogens is 1. The van der Waals surface area contributed by atoms with Gasteiger partial charge in [-0.05, 0) is 48.1 Å². The maximum atomic E-state index is 12.4. The molecule has 4 rings (SSSR count). The van der Waals surface area contributed by atoms with Gasteiger partial charge in [0.15, 0.2) is 5.78 Å². The van der Waals surface area contributed by atoms with E-state index in [9.17, 15) is 4.79 Å². The predicted molar refractivity (Wildman–Crippen MR) is 110 cm³/mol. The molecule has 0 spiro atoms. The lowest BCUT2D eigenvalue weighted by Crippen LogP contribution is -2.17. The van der Waals surface area contributed by atoms with Crippen molar-refractivity contribution in [1.29, 1.82) is 0 Å². The number of nitrogens with zero attached hydrogens (tertiary/aromatic N) is 1. The van der Waals surface area contributed by atoms with Crippen molar-refractivity contribution < 1.29 is 9.53 Å². The first-order valence-corrected chi connectivity index (χ1v) is 10.1. The number of hydrogen-bond acceptors (Lipinski definition) is 3. The number of ketones is 1. The first-order valence-electron chi connectivity index (χ1n) is 10.1. The highest BCUT2D eigenvalue weighted by atomic mass is 16.5. The van der Waals surface area contributed by atoms with Crippen LogP contribution in [-0.4, -0.2) is 15.8 Å². The molecule has 4 nitrogen and oxygen atoms in total. The van der Waals surface area contributed by atoms with Gasteiger partial charge in [0.1, 0.15) is 17.7 Å². The number of nitrogens with one attached hydrogen (secondary N) is 1. The van der Waals surface area contributed by atoms with Crippen LogP contribution in [0.25, 0.3) is 0 Å². The van der Waals surface area contributed by atoms with Gasteiger partial charge in [0.05, 0.1) is 0 Å². The monoisotopic (exact) mass is 374 g/mol. The summed E-state index contributed by atoms with van der Waals surface area (Å²) >= 11 is 0. The fourth-order valence-corrected chi connectivity index (χ4v) is 4.05. The zero-order valence-corrected chi connectivity index (χ0v) is 16.3. The molecule has 1 aliphatic carbocycles. The Kier molecular flexibility index (Phi) is 5.56. The molecule has 1 atom stereocenters. The Hall–Kier alpha value is -2.88. The van der Waals surface area contributed by atoms with Gasteiger partial charge in [-0.1, -0.05) is 43.7 Å². The molecule has 1 aromatic heterocycles. The molecular weight excluding hydrogens is 348 g/mol. The van der Waals surface area contributed by atoms with E-state index in [0.29, 0.717) is 12.8 Å². The third-order valence-electron chi connectivity index (χ3n) is 5.39. The summed E-state index contributed by atoms with van der Waals surface area (Å²) in [6.07, 6.45) is 8.63. The summed E-state index contributed by atoms with van der Waals surface area (Å²) in [5.74, 6) is 2.06. The molecule has 2 aromatic carbocycles. The average molecular weight is 374 g/mol. The van der Waals surface area contributed by atoms with E-state index in [0.717, 1.165) is 48.4 Å². The molecule has 144 valence electrons. The number of ether oxygens (including phenoxy) is 1. The normalized spacial score (nSPS) is 14.5. The molecule has 0 aliphatic heterocycles. The first-order chi connectivity index (χ1) is 13.8. The number of carbonyl (C=O) groups excluding carboxylic acids is 1. The Bertz CT molecular complexity index is 933. The van der Waals surface area contributed by atoms with E-state index >= 15 is 0 Å². The predicted octanol–water partition coefficient (Wildman–Crippen LogP) is 5.24. The standard InChI is InChI=1S/C24H26N2O2/c1-2-7-20-18-10-6-11-21(27)19(18)12-13-22(20)28-23(16-24-25-14-15-26-24)17-8-4-3-5-9-17/h3-5,8-9,12-15,23H,2,6-7,10-11,16H2,1H3,(H,25,26). The van der Waals surface area contributed by atoms with Gasteiger partial charge in [0, 0.05) is 30.8 Å². The number of aromatic nitrogens is 2. The molecule has 0 saturated heterocycles. The number of carbonyl (C=O) groups is 1. The van der Waals surface area contributed by atoms with Gasteiger partial charge in [-0.3, -0.25) is 4.79 Å². The number of Topliss-reactive ketones (excluding diaryl/α,β-unsaturated/α-hetero) is 1. The van der Waals surface area contributed by atoms with Crippen molar-refractivity contribution in [1.82, 2.24) is 9.97 Å². The Labute approximate surface area is 166 Å². The summed E-state index contributed by atoms with van der Waals surface area (Å²) in [4.78, 5) is 19.9. The van der Waals surface area contributed by atoms with Gasteiger partial charge >= 0.3 is 0 Å². The molecule has 28 heavy (non-hydrogen) atoms. The van der Waals surface area contributed by atoms with Crippen LogP contribution in [0.3, 0.4) is 0 Å². The van der Waals surface area contributed by atoms with E-state index in [1.807, 2.05) is 36.5 Å². The Balaban J connectivity index is 1.70. The number of imidazole rings is 1. The molecule has 3 aromatic rings. The quantitative estimate of drug-likeness (QED) is 0.615. The van der Waals surface area contributed by atoms with Gasteiger partial charge in [-0.2, -0.15) is 0 Å². The van der Waals surface area contributed by atoms with E-state index in [1.54, 1.807) is 6.20 Å². The first kappa shape index (κ1) is 18.5. The zero-order valence-electron chi connectivity index (χ0n) is 16.3. The van der Waals surface area contributed by atoms with E-state index in [2.05, 4.69) is 29.0 Å². The molecule has 1 heterocycles. The molecule has 1 aliphatic rings. The second kappa shape index (κ2) is 8.42. The minimum atomic E-state index is -0.139. The average Bonchev–Trinajstić information content (AvgIpc) is 3.23. The molecule has 0 amide bonds. The number of fused-ring (bicyclic) bond motifs is 1. The summed E-state index contributed by atoms with van der Waals surface area (Å²) in [6, 6.07) is 14.2. The van der Waals surface area contributed by atoms with Crippen LogP contribution in [0.2, 0.25) is 0 Å². The van der Waals surface area contributed by atoms with Crippen LogP contribution in [-0.2, 0) is 19.3 Å². The smallest absolute Gasteiger partial charge is 0.163 e. The lowest BCUT2D eigenvalue weighted by molar-refractivity contribution is 0.0972. The third kappa shape index (κ3) is 3.86. The lowest BCUT2D eigenvalue weighted by Gasteiger charge is -2.25. The Morgan fingerprint density at radius 1 is 1.14 bits per heavy atom. The highest BCUT2D eigenvalue weighted by Crippen LogP contribution is 2.35. The summed E-state index contributed by atoms with van der Waals surface area (Å²) < 4.78 is 6.59. The van der Waals surface area contributed by atoms with E-state index < -0.39 is 0 Å². The molecular formula is C24H26N2O2. The zero-order chi connectivity index (χ0) is 19.3. The van der Waals surface area contributed by atoms with E-state index in [1.165, 1.54) is 11.1 Å². The molecule has 4 heteroatoms. The van der Waals surface area contributed by atoms with Gasteiger partial charge in [0.2, 0.25) is 0 Å². The van der Waals surface area contributed by atoms with Gasteiger partial charge in [0.25, 0.3) is 0 Å². The van der Waals surface area contributed by atoms with E-state index in [-0.39, 0.29) is 11.9 Å². The largest absolute Gasteiger partial charge is 0.485 e. The fraction of sp³-hybridized carbons (Fsp3) is 0.333. The van der Waals surface area contributed by atoms with Crippen molar-refractivity contribution >= 4 is 5.78 Å². The third-order valence-corrected chi connectivity index (χ3v) is 5.39. The van der Waals surface area contributed by atoms with Gasteiger partial charge < -0.3 is 9.72 Å². The number of hydrogen-bond donors (Lipinski definition) is 1. The molecule has 0 bridgehead atoms.